The number of aromatic hydroxyl groups is 1. The van der Waals surface area contributed by atoms with Gasteiger partial charge in [-0.25, -0.2) is 0 Å². The standard InChI is InChI=1S/C7H12.C6H6O.H3N.H2O/c1-4-6-7(3)5-2;7-6-4-2-1-3-5-6;;/h4,6H,1,5H2,2-3H3;1-5,7H;1H3;1H2/b7-6-;;;. The molecule has 6 N–H and O–H groups in total. The van der Waals surface area contributed by atoms with Crippen molar-refractivity contribution in [2.45, 2.75) is 20.3 Å². The quantitative estimate of drug-likeness (QED) is 0.757. The molecular formula is C13H23NO2. The van der Waals surface area contributed by atoms with E-state index in [1.165, 1.54) is 5.57 Å². The van der Waals surface area contributed by atoms with Crippen LogP contribution in [0.25, 0.3) is 0 Å². The number of rotatable bonds is 2. The van der Waals surface area contributed by atoms with Gasteiger partial charge in [-0.05, 0) is 25.5 Å². The third-order valence-electron chi connectivity index (χ3n) is 1.72. The Morgan fingerprint density at radius 1 is 1.31 bits per heavy atom. The van der Waals surface area contributed by atoms with Crippen LogP contribution in [0.1, 0.15) is 20.3 Å². The van der Waals surface area contributed by atoms with Gasteiger partial charge in [-0.2, -0.15) is 0 Å². The van der Waals surface area contributed by atoms with Crippen LogP contribution in [0.15, 0.2) is 54.6 Å². The lowest BCUT2D eigenvalue weighted by Crippen LogP contribution is -1.65. The average Bonchev–Trinajstić information content (AvgIpc) is 2.20. The van der Waals surface area contributed by atoms with Gasteiger partial charge in [-0.3, -0.25) is 0 Å². The van der Waals surface area contributed by atoms with Gasteiger partial charge in [0.1, 0.15) is 5.75 Å². The molecule has 16 heavy (non-hydrogen) atoms. The highest BCUT2D eigenvalue weighted by Gasteiger charge is 1.75. The summed E-state index contributed by atoms with van der Waals surface area (Å²) < 4.78 is 0. The summed E-state index contributed by atoms with van der Waals surface area (Å²) in [5.74, 6) is 0.322. The van der Waals surface area contributed by atoms with Crippen LogP contribution in [0.3, 0.4) is 0 Å². The first-order chi connectivity index (χ1) is 6.70. The molecule has 1 aromatic carbocycles. The number of hydrogen-bond acceptors (Lipinski definition) is 2. The second kappa shape index (κ2) is 13.4. The van der Waals surface area contributed by atoms with Crippen molar-refractivity contribution >= 4 is 0 Å². The summed E-state index contributed by atoms with van der Waals surface area (Å²) >= 11 is 0. The van der Waals surface area contributed by atoms with Crippen molar-refractivity contribution in [3.63, 3.8) is 0 Å². The lowest BCUT2D eigenvalue weighted by molar-refractivity contribution is 0.475. The van der Waals surface area contributed by atoms with Gasteiger partial charge in [0.2, 0.25) is 0 Å². The molecule has 0 amide bonds. The van der Waals surface area contributed by atoms with E-state index < -0.39 is 0 Å². The average molecular weight is 225 g/mol. The van der Waals surface area contributed by atoms with Gasteiger partial charge in [0.15, 0.2) is 0 Å². The normalized spacial score (nSPS) is 8.75. The highest BCUT2D eigenvalue weighted by molar-refractivity contribution is 5.18. The molecular weight excluding hydrogens is 202 g/mol. The Kier molecular flexibility index (Phi) is 16.7. The van der Waals surface area contributed by atoms with Crippen molar-refractivity contribution in [3.8, 4) is 5.75 Å². The molecule has 3 heteroatoms. The molecule has 0 unspecified atom stereocenters. The van der Waals surface area contributed by atoms with Crippen molar-refractivity contribution in [3.05, 3.63) is 54.6 Å². The van der Waals surface area contributed by atoms with Crippen molar-refractivity contribution in [2.75, 3.05) is 0 Å². The second-order valence-corrected chi connectivity index (χ2v) is 2.94. The number of para-hydroxylation sites is 1. The smallest absolute Gasteiger partial charge is 0.115 e. The van der Waals surface area contributed by atoms with Crippen molar-refractivity contribution < 1.29 is 10.6 Å². The zero-order valence-corrected chi connectivity index (χ0v) is 10.1. The minimum absolute atomic E-state index is 0. The van der Waals surface area contributed by atoms with E-state index in [0.717, 1.165) is 6.42 Å². The van der Waals surface area contributed by atoms with E-state index in [2.05, 4.69) is 20.4 Å². The molecule has 92 valence electrons. The maximum absolute atomic E-state index is 8.63. The largest absolute Gasteiger partial charge is 0.508 e. The topological polar surface area (TPSA) is 86.7 Å². The SMILES string of the molecule is C=C/C=C(/C)CC.N.O.Oc1ccccc1. The van der Waals surface area contributed by atoms with Gasteiger partial charge in [0.05, 0.1) is 0 Å². The molecule has 1 rings (SSSR count). The minimum atomic E-state index is 0. The summed E-state index contributed by atoms with van der Waals surface area (Å²) in [5.41, 5.74) is 1.38. The predicted octanol–water partition coefficient (Wildman–Crippen LogP) is 3.26. The van der Waals surface area contributed by atoms with Gasteiger partial charge in [-0.1, -0.05) is 49.4 Å². The number of benzene rings is 1. The van der Waals surface area contributed by atoms with Gasteiger partial charge < -0.3 is 16.7 Å². The van der Waals surface area contributed by atoms with Crippen molar-refractivity contribution in [2.24, 2.45) is 0 Å². The Bertz CT molecular complexity index is 281. The molecule has 0 saturated carbocycles. The zero-order chi connectivity index (χ0) is 10.8. The highest BCUT2D eigenvalue weighted by atomic mass is 16.3. The van der Waals surface area contributed by atoms with E-state index in [-0.39, 0.29) is 11.6 Å². The Labute approximate surface area is 98.0 Å². The third kappa shape index (κ3) is 12.4. The molecule has 1 aromatic rings. The molecule has 0 aliphatic rings. The summed E-state index contributed by atoms with van der Waals surface area (Å²) in [7, 11) is 0. The van der Waals surface area contributed by atoms with Crippen LogP contribution in [-0.4, -0.2) is 10.6 Å². The summed E-state index contributed by atoms with van der Waals surface area (Å²) in [4.78, 5) is 0. The lowest BCUT2D eigenvalue weighted by atomic mass is 10.2. The summed E-state index contributed by atoms with van der Waals surface area (Å²) in [6.45, 7) is 7.81. The summed E-state index contributed by atoms with van der Waals surface area (Å²) in [6, 6.07) is 8.71. The van der Waals surface area contributed by atoms with E-state index in [0.29, 0.717) is 5.75 Å². The molecule has 0 fully saturated rings. The monoisotopic (exact) mass is 225 g/mol. The number of allylic oxidation sites excluding steroid dienone is 3. The van der Waals surface area contributed by atoms with Crippen LogP contribution >= 0.6 is 0 Å². The van der Waals surface area contributed by atoms with Crippen LogP contribution in [0.5, 0.6) is 5.75 Å². The molecule has 0 saturated heterocycles. The van der Waals surface area contributed by atoms with E-state index in [1.54, 1.807) is 24.3 Å². The molecule has 0 heterocycles. The maximum Gasteiger partial charge on any atom is 0.115 e. The van der Waals surface area contributed by atoms with Gasteiger partial charge >= 0.3 is 0 Å². The fraction of sp³-hybridized carbons (Fsp3) is 0.231. The maximum atomic E-state index is 8.63. The first-order valence-electron chi connectivity index (χ1n) is 4.73. The van der Waals surface area contributed by atoms with Crippen molar-refractivity contribution in [1.82, 2.24) is 6.15 Å². The van der Waals surface area contributed by atoms with Crippen LogP contribution < -0.4 is 6.15 Å². The van der Waals surface area contributed by atoms with E-state index in [9.17, 15) is 0 Å². The minimum Gasteiger partial charge on any atom is -0.508 e. The van der Waals surface area contributed by atoms with Crippen LogP contribution in [0.4, 0.5) is 0 Å². The predicted molar refractivity (Wildman–Crippen MR) is 71.0 cm³/mol. The molecule has 3 nitrogen and oxygen atoms in total. The number of hydrogen-bond donors (Lipinski definition) is 2. The summed E-state index contributed by atoms with van der Waals surface area (Å²) in [6.07, 6.45) is 4.98. The Morgan fingerprint density at radius 2 is 1.81 bits per heavy atom. The van der Waals surface area contributed by atoms with Gasteiger partial charge in [0, 0.05) is 0 Å². The third-order valence-corrected chi connectivity index (χ3v) is 1.72. The Balaban J connectivity index is -0.000000188. The molecule has 0 aromatic heterocycles. The Hall–Kier alpha value is -1.58. The first kappa shape index (κ1) is 19.9. The number of phenols is 1. The summed E-state index contributed by atoms with van der Waals surface area (Å²) in [5, 5.41) is 8.63. The Morgan fingerprint density at radius 3 is 2.00 bits per heavy atom. The zero-order valence-electron chi connectivity index (χ0n) is 10.1. The fourth-order valence-corrected chi connectivity index (χ4v) is 0.747. The fourth-order valence-electron chi connectivity index (χ4n) is 0.747. The van der Waals surface area contributed by atoms with E-state index in [4.69, 9.17) is 5.11 Å². The lowest BCUT2D eigenvalue weighted by Gasteiger charge is -1.86. The van der Waals surface area contributed by atoms with Crippen LogP contribution in [0.2, 0.25) is 0 Å². The van der Waals surface area contributed by atoms with Gasteiger partial charge in [0.25, 0.3) is 0 Å². The molecule has 0 aliphatic heterocycles. The van der Waals surface area contributed by atoms with Crippen LogP contribution in [0, 0.1) is 0 Å². The first-order valence-corrected chi connectivity index (χ1v) is 4.73. The molecule has 0 radical (unpaired) electrons. The number of phenolic OH excluding ortho intramolecular Hbond substituents is 1. The molecule has 0 spiro atoms. The van der Waals surface area contributed by atoms with E-state index >= 15 is 0 Å². The molecule has 0 bridgehead atoms. The van der Waals surface area contributed by atoms with Crippen LogP contribution in [-0.2, 0) is 0 Å². The van der Waals surface area contributed by atoms with E-state index in [1.807, 2.05) is 18.2 Å². The molecule has 0 aliphatic carbocycles. The van der Waals surface area contributed by atoms with Crippen molar-refractivity contribution in [1.29, 1.82) is 0 Å². The molecule has 0 atom stereocenters. The highest BCUT2D eigenvalue weighted by Crippen LogP contribution is 2.02. The van der Waals surface area contributed by atoms with Gasteiger partial charge in [-0.15, -0.1) is 0 Å². The second-order valence-electron chi connectivity index (χ2n) is 2.94.